The van der Waals surface area contributed by atoms with Gasteiger partial charge in [-0.15, -0.1) is 0 Å². The van der Waals surface area contributed by atoms with Crippen LogP contribution in [0.25, 0.3) is 0 Å². The lowest BCUT2D eigenvalue weighted by atomic mass is 10.0. The second kappa shape index (κ2) is 6.12. The van der Waals surface area contributed by atoms with Crippen molar-refractivity contribution in [1.29, 1.82) is 0 Å². The van der Waals surface area contributed by atoms with E-state index in [2.05, 4.69) is 5.32 Å². The third-order valence-electron chi connectivity index (χ3n) is 2.86. The number of hydrogen-bond donors (Lipinski definition) is 2. The highest BCUT2D eigenvalue weighted by atomic mass is 16.2. The molecule has 0 aromatic heterocycles. The summed E-state index contributed by atoms with van der Waals surface area (Å²) in [7, 11) is 0. The summed E-state index contributed by atoms with van der Waals surface area (Å²) in [4.78, 5) is 23.6. The van der Waals surface area contributed by atoms with Gasteiger partial charge in [0.2, 0.25) is 5.91 Å². The molecule has 1 atom stereocenters. The predicted octanol–water partition coefficient (Wildman–Crippen LogP) is 2.20. The normalized spacial score (nSPS) is 11.7. The SMILES string of the molecule is CC(N)C(=O)Nc1ccc(C(=O)c2ccccc2)cc1. The first-order valence-electron chi connectivity index (χ1n) is 6.34. The molecule has 2 aromatic carbocycles. The summed E-state index contributed by atoms with van der Waals surface area (Å²) < 4.78 is 0. The van der Waals surface area contributed by atoms with Gasteiger partial charge in [-0.25, -0.2) is 0 Å². The van der Waals surface area contributed by atoms with Crippen LogP contribution in [0.4, 0.5) is 5.69 Å². The summed E-state index contributed by atoms with van der Waals surface area (Å²) in [5.74, 6) is -0.303. The molecule has 0 aliphatic carbocycles. The Balaban J connectivity index is 2.12. The van der Waals surface area contributed by atoms with Crippen molar-refractivity contribution >= 4 is 17.4 Å². The first kappa shape index (κ1) is 14.0. The standard InChI is InChI=1S/C16H16N2O2/c1-11(17)16(20)18-14-9-7-13(8-10-14)15(19)12-5-3-2-4-6-12/h2-11H,17H2,1H3,(H,18,20). The number of nitrogens with two attached hydrogens (primary N) is 1. The number of amides is 1. The highest BCUT2D eigenvalue weighted by molar-refractivity contribution is 6.09. The molecule has 0 saturated carbocycles. The Kier molecular flexibility index (Phi) is 4.27. The number of carbonyl (C=O) groups is 2. The zero-order valence-electron chi connectivity index (χ0n) is 11.2. The van der Waals surface area contributed by atoms with E-state index in [1.165, 1.54) is 0 Å². The van der Waals surface area contributed by atoms with Crippen molar-refractivity contribution < 1.29 is 9.59 Å². The fourth-order valence-electron chi connectivity index (χ4n) is 1.72. The Morgan fingerprint density at radius 2 is 1.50 bits per heavy atom. The van der Waals surface area contributed by atoms with E-state index in [4.69, 9.17) is 5.73 Å². The minimum atomic E-state index is -0.569. The summed E-state index contributed by atoms with van der Waals surface area (Å²) >= 11 is 0. The number of hydrogen-bond acceptors (Lipinski definition) is 3. The third-order valence-corrected chi connectivity index (χ3v) is 2.86. The molecule has 0 saturated heterocycles. The quantitative estimate of drug-likeness (QED) is 0.835. The Labute approximate surface area is 117 Å². The van der Waals surface area contributed by atoms with Crippen molar-refractivity contribution in [3.05, 3.63) is 65.7 Å². The summed E-state index contributed by atoms with van der Waals surface area (Å²) in [6.07, 6.45) is 0. The van der Waals surface area contributed by atoms with Gasteiger partial charge in [0.1, 0.15) is 0 Å². The molecular weight excluding hydrogens is 252 g/mol. The second-order valence-electron chi connectivity index (χ2n) is 4.55. The monoisotopic (exact) mass is 268 g/mol. The number of ketones is 1. The van der Waals surface area contributed by atoms with Crippen LogP contribution in [0.3, 0.4) is 0 Å². The van der Waals surface area contributed by atoms with E-state index in [9.17, 15) is 9.59 Å². The molecule has 0 bridgehead atoms. The van der Waals surface area contributed by atoms with Crippen LogP contribution >= 0.6 is 0 Å². The highest BCUT2D eigenvalue weighted by Crippen LogP contribution is 2.13. The average Bonchev–Trinajstić information content (AvgIpc) is 2.48. The molecule has 0 heterocycles. The van der Waals surface area contributed by atoms with Crippen LogP contribution in [0.1, 0.15) is 22.8 Å². The van der Waals surface area contributed by atoms with Crippen LogP contribution in [0, 0.1) is 0 Å². The van der Waals surface area contributed by atoms with Gasteiger partial charge in [0.25, 0.3) is 0 Å². The lowest BCUT2D eigenvalue weighted by Crippen LogP contribution is -2.32. The average molecular weight is 268 g/mol. The van der Waals surface area contributed by atoms with Crippen molar-refractivity contribution in [2.45, 2.75) is 13.0 Å². The van der Waals surface area contributed by atoms with Crippen LogP contribution in [0.5, 0.6) is 0 Å². The maximum Gasteiger partial charge on any atom is 0.240 e. The Bertz CT molecular complexity index is 604. The van der Waals surface area contributed by atoms with Gasteiger partial charge >= 0.3 is 0 Å². The van der Waals surface area contributed by atoms with E-state index >= 15 is 0 Å². The van der Waals surface area contributed by atoms with E-state index < -0.39 is 6.04 Å². The maximum atomic E-state index is 12.2. The van der Waals surface area contributed by atoms with Crippen molar-refractivity contribution in [2.24, 2.45) is 5.73 Å². The van der Waals surface area contributed by atoms with Crippen LogP contribution in [-0.4, -0.2) is 17.7 Å². The number of nitrogens with one attached hydrogen (secondary N) is 1. The second-order valence-corrected chi connectivity index (χ2v) is 4.55. The Morgan fingerprint density at radius 1 is 0.950 bits per heavy atom. The molecule has 0 fully saturated rings. The fourth-order valence-corrected chi connectivity index (χ4v) is 1.72. The topological polar surface area (TPSA) is 72.2 Å². The first-order valence-corrected chi connectivity index (χ1v) is 6.34. The first-order chi connectivity index (χ1) is 9.58. The lowest BCUT2D eigenvalue weighted by Gasteiger charge is -2.08. The number of anilines is 1. The fraction of sp³-hybridized carbons (Fsp3) is 0.125. The largest absolute Gasteiger partial charge is 0.325 e. The molecule has 102 valence electrons. The zero-order chi connectivity index (χ0) is 14.5. The van der Waals surface area contributed by atoms with E-state index in [1.807, 2.05) is 18.2 Å². The van der Waals surface area contributed by atoms with E-state index in [0.29, 0.717) is 16.8 Å². The van der Waals surface area contributed by atoms with Crippen LogP contribution in [0.2, 0.25) is 0 Å². The smallest absolute Gasteiger partial charge is 0.240 e. The van der Waals surface area contributed by atoms with Crippen molar-refractivity contribution in [3.8, 4) is 0 Å². The van der Waals surface area contributed by atoms with Crippen molar-refractivity contribution in [1.82, 2.24) is 0 Å². The minimum absolute atomic E-state index is 0.0457. The minimum Gasteiger partial charge on any atom is -0.325 e. The Morgan fingerprint density at radius 3 is 2.05 bits per heavy atom. The molecule has 0 aliphatic heterocycles. The molecule has 1 unspecified atom stereocenters. The van der Waals surface area contributed by atoms with Gasteiger partial charge in [0.15, 0.2) is 5.78 Å². The summed E-state index contributed by atoms with van der Waals surface area (Å²) in [5, 5.41) is 2.67. The molecule has 0 aliphatic rings. The van der Waals surface area contributed by atoms with E-state index in [0.717, 1.165) is 0 Å². The van der Waals surface area contributed by atoms with Gasteiger partial charge in [0.05, 0.1) is 6.04 Å². The van der Waals surface area contributed by atoms with E-state index in [-0.39, 0.29) is 11.7 Å². The molecule has 2 rings (SSSR count). The molecule has 4 heteroatoms. The molecule has 20 heavy (non-hydrogen) atoms. The maximum absolute atomic E-state index is 12.2. The van der Waals surface area contributed by atoms with Crippen LogP contribution < -0.4 is 11.1 Å². The van der Waals surface area contributed by atoms with Gasteiger partial charge in [0, 0.05) is 16.8 Å². The number of rotatable bonds is 4. The Hall–Kier alpha value is -2.46. The number of carbonyl (C=O) groups excluding carboxylic acids is 2. The molecule has 4 nitrogen and oxygen atoms in total. The van der Waals surface area contributed by atoms with Crippen molar-refractivity contribution in [2.75, 3.05) is 5.32 Å². The molecular formula is C16H16N2O2. The number of benzene rings is 2. The molecule has 2 aromatic rings. The molecule has 1 amide bonds. The summed E-state index contributed by atoms with van der Waals surface area (Å²) in [6.45, 7) is 1.61. The van der Waals surface area contributed by atoms with Gasteiger partial charge in [-0.1, -0.05) is 30.3 Å². The predicted molar refractivity (Wildman–Crippen MR) is 78.6 cm³/mol. The molecule has 3 N–H and O–H groups in total. The van der Waals surface area contributed by atoms with Gasteiger partial charge in [-0.05, 0) is 31.2 Å². The van der Waals surface area contributed by atoms with Crippen molar-refractivity contribution in [3.63, 3.8) is 0 Å². The van der Waals surface area contributed by atoms with Gasteiger partial charge in [-0.3, -0.25) is 9.59 Å². The van der Waals surface area contributed by atoms with Crippen LogP contribution in [0.15, 0.2) is 54.6 Å². The van der Waals surface area contributed by atoms with Gasteiger partial charge < -0.3 is 11.1 Å². The van der Waals surface area contributed by atoms with E-state index in [1.54, 1.807) is 43.3 Å². The van der Waals surface area contributed by atoms with Gasteiger partial charge in [-0.2, -0.15) is 0 Å². The summed E-state index contributed by atoms with van der Waals surface area (Å²) in [6, 6.07) is 15.2. The molecule has 0 spiro atoms. The lowest BCUT2D eigenvalue weighted by molar-refractivity contribution is -0.117. The molecule has 0 radical (unpaired) electrons. The third kappa shape index (κ3) is 3.30. The summed E-state index contributed by atoms with van der Waals surface area (Å²) in [5.41, 5.74) is 7.31. The van der Waals surface area contributed by atoms with Crippen LogP contribution in [-0.2, 0) is 4.79 Å². The zero-order valence-corrected chi connectivity index (χ0v) is 11.2. The highest BCUT2D eigenvalue weighted by Gasteiger charge is 2.10.